The van der Waals surface area contributed by atoms with Crippen molar-refractivity contribution in [2.75, 3.05) is 23.3 Å². The van der Waals surface area contributed by atoms with Gasteiger partial charge in [0.25, 0.3) is 0 Å². The first-order chi connectivity index (χ1) is 17.2. The summed E-state index contributed by atoms with van der Waals surface area (Å²) in [5.41, 5.74) is 2.59. The molecule has 10 heteroatoms. The number of halogens is 5. The fourth-order valence-electron chi connectivity index (χ4n) is 4.44. The molecule has 36 heavy (non-hydrogen) atoms. The minimum Gasteiger partial charge on any atom is -0.489 e. The molecule has 5 rings (SSSR count). The van der Waals surface area contributed by atoms with Gasteiger partial charge in [0.2, 0.25) is 0 Å². The van der Waals surface area contributed by atoms with E-state index in [2.05, 4.69) is 20.2 Å². The summed E-state index contributed by atoms with van der Waals surface area (Å²) in [6.45, 7) is 3.34. The van der Waals surface area contributed by atoms with Crippen LogP contribution in [0.3, 0.4) is 0 Å². The summed E-state index contributed by atoms with van der Waals surface area (Å²) in [4.78, 5) is 9.66. The highest BCUT2D eigenvalue weighted by molar-refractivity contribution is 6.32. The van der Waals surface area contributed by atoms with Gasteiger partial charge in [-0.2, -0.15) is 13.2 Å². The molecule has 0 spiro atoms. The zero-order valence-corrected chi connectivity index (χ0v) is 20.1. The average molecular weight is 519 g/mol. The number of hydrogen-bond donors (Lipinski definition) is 2. The van der Waals surface area contributed by atoms with Crippen molar-refractivity contribution in [3.8, 4) is 5.75 Å². The lowest BCUT2D eigenvalue weighted by Gasteiger charge is -2.34. The highest BCUT2D eigenvalue weighted by atomic mass is 35.5. The van der Waals surface area contributed by atoms with Crippen molar-refractivity contribution in [2.45, 2.75) is 32.0 Å². The van der Waals surface area contributed by atoms with E-state index in [1.165, 1.54) is 12.3 Å². The van der Waals surface area contributed by atoms with Crippen LogP contribution in [0.15, 0.2) is 54.9 Å². The smallest absolute Gasteiger partial charge is 0.416 e. The molecular weight excluding hydrogens is 496 g/mol. The van der Waals surface area contributed by atoms with Gasteiger partial charge in [-0.1, -0.05) is 11.6 Å². The van der Waals surface area contributed by atoms with Gasteiger partial charge >= 0.3 is 6.18 Å². The quantitative estimate of drug-likeness (QED) is 0.269. The van der Waals surface area contributed by atoms with E-state index in [9.17, 15) is 17.6 Å². The molecule has 3 heterocycles. The Kier molecular flexibility index (Phi) is 6.42. The van der Waals surface area contributed by atoms with Crippen LogP contribution in [-0.2, 0) is 6.18 Å². The molecule has 2 N–H and O–H groups in total. The van der Waals surface area contributed by atoms with Crippen LogP contribution < -0.4 is 15.0 Å². The van der Waals surface area contributed by atoms with Crippen LogP contribution in [0.5, 0.6) is 5.75 Å². The molecule has 0 unspecified atom stereocenters. The Morgan fingerprint density at radius 2 is 1.89 bits per heavy atom. The third-order valence-electron chi connectivity index (χ3n) is 6.38. The first-order valence-electron chi connectivity index (χ1n) is 11.5. The van der Waals surface area contributed by atoms with Crippen LogP contribution in [0.25, 0.3) is 10.9 Å². The summed E-state index contributed by atoms with van der Waals surface area (Å²) in [7, 11) is 0. The van der Waals surface area contributed by atoms with Gasteiger partial charge in [0.15, 0.2) is 0 Å². The Bertz CT molecular complexity index is 1400. The zero-order valence-electron chi connectivity index (χ0n) is 19.3. The highest BCUT2D eigenvalue weighted by Gasteiger charge is 2.31. The summed E-state index contributed by atoms with van der Waals surface area (Å²) in [5.74, 6) is 0.812. The minimum absolute atomic E-state index is 0.0520. The van der Waals surface area contributed by atoms with Crippen LogP contribution in [-0.4, -0.2) is 29.2 Å². The van der Waals surface area contributed by atoms with E-state index in [-0.39, 0.29) is 22.7 Å². The number of piperidine rings is 1. The summed E-state index contributed by atoms with van der Waals surface area (Å²) in [6.07, 6.45) is -0.194. The number of nitrogens with zero attached hydrogens (tertiary/aromatic N) is 2. The molecule has 0 saturated carbocycles. The summed E-state index contributed by atoms with van der Waals surface area (Å²) < 4.78 is 58.3. The SMILES string of the molecule is Cc1c(Nc2ccc3c(F)c[nH]c3c2)ccnc1N1CCC(Oc2ccc(C(F)(F)F)cc2Cl)CC1. The topological polar surface area (TPSA) is 53.2 Å². The van der Waals surface area contributed by atoms with Gasteiger partial charge in [-0.25, -0.2) is 9.37 Å². The second-order valence-electron chi connectivity index (χ2n) is 8.78. The molecule has 188 valence electrons. The zero-order chi connectivity index (χ0) is 25.4. The van der Waals surface area contributed by atoms with E-state index in [1.54, 1.807) is 12.3 Å². The van der Waals surface area contributed by atoms with Crippen molar-refractivity contribution in [1.29, 1.82) is 0 Å². The van der Waals surface area contributed by atoms with Gasteiger partial charge in [-0.05, 0) is 49.4 Å². The van der Waals surface area contributed by atoms with Crippen molar-refractivity contribution in [1.82, 2.24) is 9.97 Å². The van der Waals surface area contributed by atoms with Crippen molar-refractivity contribution in [3.05, 3.63) is 76.8 Å². The molecule has 0 bridgehead atoms. The molecule has 1 fully saturated rings. The lowest BCUT2D eigenvalue weighted by Crippen LogP contribution is -2.39. The number of aromatic nitrogens is 2. The third kappa shape index (κ3) is 4.93. The Morgan fingerprint density at radius 3 is 2.61 bits per heavy atom. The maximum absolute atomic E-state index is 13.7. The van der Waals surface area contributed by atoms with E-state index in [0.29, 0.717) is 36.8 Å². The van der Waals surface area contributed by atoms with Crippen LogP contribution in [0, 0.1) is 12.7 Å². The van der Waals surface area contributed by atoms with Crippen LogP contribution in [0.4, 0.5) is 34.8 Å². The van der Waals surface area contributed by atoms with Crippen molar-refractivity contribution in [2.24, 2.45) is 0 Å². The van der Waals surface area contributed by atoms with Crippen molar-refractivity contribution >= 4 is 39.7 Å². The molecule has 4 aromatic rings. The van der Waals surface area contributed by atoms with E-state index in [1.807, 2.05) is 25.1 Å². The number of ether oxygens (including phenoxy) is 1. The number of fused-ring (bicyclic) bond motifs is 1. The molecule has 0 radical (unpaired) electrons. The number of anilines is 3. The molecular formula is C26H23ClF4N4O. The van der Waals surface area contributed by atoms with Crippen LogP contribution in [0.1, 0.15) is 24.0 Å². The second-order valence-corrected chi connectivity index (χ2v) is 9.18. The third-order valence-corrected chi connectivity index (χ3v) is 6.68. The molecule has 2 aromatic heterocycles. The molecule has 0 aliphatic carbocycles. The van der Waals surface area contributed by atoms with Gasteiger partial charge in [-0.3, -0.25) is 0 Å². The number of aromatic amines is 1. The van der Waals surface area contributed by atoms with Crippen molar-refractivity contribution in [3.63, 3.8) is 0 Å². The number of benzene rings is 2. The van der Waals surface area contributed by atoms with Gasteiger partial charge in [0.05, 0.1) is 16.1 Å². The number of nitrogens with one attached hydrogen (secondary N) is 2. The summed E-state index contributed by atoms with van der Waals surface area (Å²) >= 11 is 6.04. The lowest BCUT2D eigenvalue weighted by molar-refractivity contribution is -0.137. The first kappa shape index (κ1) is 24.2. The lowest BCUT2D eigenvalue weighted by atomic mass is 10.1. The largest absolute Gasteiger partial charge is 0.489 e. The molecule has 0 amide bonds. The Hall–Kier alpha value is -3.46. The van der Waals surface area contributed by atoms with Gasteiger partial charge in [0, 0.05) is 60.6 Å². The molecule has 1 aliphatic heterocycles. The maximum atomic E-state index is 13.7. The van der Waals surface area contributed by atoms with Crippen LogP contribution in [0.2, 0.25) is 5.02 Å². The average Bonchev–Trinajstić information content (AvgIpc) is 3.21. The minimum atomic E-state index is -4.45. The second kappa shape index (κ2) is 9.54. The highest BCUT2D eigenvalue weighted by Crippen LogP contribution is 2.36. The summed E-state index contributed by atoms with van der Waals surface area (Å²) in [5, 5.41) is 3.87. The number of H-pyrrole nitrogens is 1. The molecule has 2 aromatic carbocycles. The van der Waals surface area contributed by atoms with Crippen LogP contribution >= 0.6 is 11.6 Å². The van der Waals surface area contributed by atoms with E-state index in [4.69, 9.17) is 16.3 Å². The standard InChI is InChI=1S/C26H23ClF4N4O/c1-15-22(34-17-3-4-19-21(28)14-33-23(19)13-17)6-9-32-25(15)35-10-7-18(8-11-35)36-24-5-2-16(12-20(24)27)26(29,30)31/h2-6,9,12-14,18,33H,7-8,10-11H2,1H3,(H,32,34). The Balaban J connectivity index is 1.24. The Labute approximate surface area is 210 Å². The van der Waals surface area contributed by atoms with E-state index < -0.39 is 11.7 Å². The molecule has 5 nitrogen and oxygen atoms in total. The molecule has 1 aliphatic rings. The predicted octanol–water partition coefficient (Wildman–Crippen LogP) is 7.47. The number of rotatable bonds is 5. The maximum Gasteiger partial charge on any atom is 0.416 e. The molecule has 1 saturated heterocycles. The Morgan fingerprint density at radius 1 is 1.11 bits per heavy atom. The first-order valence-corrected chi connectivity index (χ1v) is 11.8. The van der Waals surface area contributed by atoms with E-state index in [0.717, 1.165) is 34.9 Å². The predicted molar refractivity (Wildman–Crippen MR) is 133 cm³/mol. The van der Waals surface area contributed by atoms with Gasteiger partial charge in [0.1, 0.15) is 23.5 Å². The molecule has 0 atom stereocenters. The van der Waals surface area contributed by atoms with Gasteiger partial charge < -0.3 is 19.9 Å². The fourth-order valence-corrected chi connectivity index (χ4v) is 4.67. The van der Waals surface area contributed by atoms with Crippen molar-refractivity contribution < 1.29 is 22.3 Å². The normalized spacial score (nSPS) is 14.9. The number of alkyl halides is 3. The van der Waals surface area contributed by atoms with Gasteiger partial charge in [-0.15, -0.1) is 0 Å². The fraction of sp³-hybridized carbons (Fsp3) is 0.269. The van der Waals surface area contributed by atoms with E-state index >= 15 is 0 Å². The monoisotopic (exact) mass is 518 g/mol. The number of pyridine rings is 1. The number of hydrogen-bond acceptors (Lipinski definition) is 4. The summed E-state index contributed by atoms with van der Waals surface area (Å²) in [6, 6.07) is 10.4.